The lowest BCUT2D eigenvalue weighted by Gasteiger charge is -2.11. The van der Waals surface area contributed by atoms with Gasteiger partial charge in [-0.15, -0.1) is 0 Å². The molecule has 0 fully saturated rings. The third-order valence-corrected chi connectivity index (χ3v) is 10.8. The molecule has 0 aliphatic rings. The first-order valence-electron chi connectivity index (χ1n) is 20.2. The molecule has 0 spiro atoms. The van der Waals surface area contributed by atoms with E-state index >= 15 is 0 Å². The maximum atomic E-state index is 5.38. The van der Waals surface area contributed by atoms with Gasteiger partial charge in [0.2, 0.25) is 0 Å². The molecule has 0 unspecified atom stereocenters. The Hall–Kier alpha value is -8.36. The van der Waals surface area contributed by atoms with Gasteiger partial charge in [0, 0.05) is 33.4 Å². The number of ether oxygens (including phenoxy) is 2. The highest BCUT2D eigenvalue weighted by Gasteiger charge is 2.15. The largest absolute Gasteiger partial charge is 0.497 e. The summed E-state index contributed by atoms with van der Waals surface area (Å²) in [5, 5.41) is 2.32. The number of hydrogen-bond acceptors (Lipinski definition) is 8. The van der Waals surface area contributed by atoms with Crippen molar-refractivity contribution in [2.45, 2.75) is 0 Å². The third-order valence-electron chi connectivity index (χ3n) is 10.8. The molecule has 0 aliphatic heterocycles. The van der Waals surface area contributed by atoms with E-state index in [1.807, 2.05) is 109 Å². The highest BCUT2D eigenvalue weighted by atomic mass is 16.5. The molecular weight excluding hydrogens is 765 g/mol. The lowest BCUT2D eigenvalue weighted by molar-refractivity contribution is 0.414. The first-order chi connectivity index (χ1) is 30.6. The van der Waals surface area contributed by atoms with Gasteiger partial charge in [-0.25, -0.2) is 29.9 Å². The molecule has 0 bridgehead atoms. The Bertz CT molecular complexity index is 2950. The van der Waals surface area contributed by atoms with Gasteiger partial charge >= 0.3 is 0 Å². The van der Waals surface area contributed by atoms with Gasteiger partial charge in [-0.2, -0.15) is 0 Å². The Morgan fingerprint density at radius 2 is 0.500 bits per heavy atom. The van der Waals surface area contributed by atoms with E-state index in [1.54, 1.807) is 14.2 Å². The van der Waals surface area contributed by atoms with E-state index < -0.39 is 0 Å². The van der Waals surface area contributed by atoms with Gasteiger partial charge in [0.1, 0.15) is 11.5 Å². The molecule has 10 aromatic rings. The van der Waals surface area contributed by atoms with Gasteiger partial charge in [0.25, 0.3) is 0 Å². The molecule has 0 N–H and O–H groups in total. The summed E-state index contributed by atoms with van der Waals surface area (Å²) < 4.78 is 10.8. The van der Waals surface area contributed by atoms with E-state index in [0.29, 0.717) is 34.9 Å². The standard InChI is InChI=1S/C54H38N6O2/c1-61-47-29-25-42(26-30-47)53-57-49(38-9-5-3-6-10-38)55-51(59-53)40-19-13-35(14-20-40)44-23-17-37-18-24-45(34-46(37)33-44)36-15-21-41(22-16-36)52-56-50(39-11-7-4-8-12-39)58-54(60-52)43-27-31-48(62-2)32-28-43/h3-34H,1-2H3. The Morgan fingerprint density at radius 1 is 0.242 bits per heavy atom. The van der Waals surface area contributed by atoms with E-state index in [1.165, 1.54) is 5.39 Å². The molecule has 2 aromatic heterocycles. The second-order valence-electron chi connectivity index (χ2n) is 14.7. The van der Waals surface area contributed by atoms with Crippen molar-refractivity contribution in [3.63, 3.8) is 0 Å². The molecule has 8 heteroatoms. The highest BCUT2D eigenvalue weighted by Crippen LogP contribution is 2.33. The molecule has 10 rings (SSSR count). The Balaban J connectivity index is 0.934. The van der Waals surface area contributed by atoms with Crippen LogP contribution in [0.15, 0.2) is 194 Å². The van der Waals surface area contributed by atoms with Gasteiger partial charge in [-0.3, -0.25) is 0 Å². The normalized spacial score (nSPS) is 11.1. The summed E-state index contributed by atoms with van der Waals surface area (Å²) in [6.07, 6.45) is 0. The number of aromatic nitrogens is 6. The van der Waals surface area contributed by atoms with Crippen LogP contribution < -0.4 is 9.47 Å². The summed E-state index contributed by atoms with van der Waals surface area (Å²) in [7, 11) is 3.31. The maximum absolute atomic E-state index is 5.38. The third kappa shape index (κ3) is 7.88. The summed E-state index contributed by atoms with van der Waals surface area (Å²) in [6.45, 7) is 0. The van der Waals surface area contributed by atoms with E-state index in [4.69, 9.17) is 39.4 Å². The zero-order valence-corrected chi connectivity index (χ0v) is 34.0. The van der Waals surface area contributed by atoms with Crippen LogP contribution in [0.4, 0.5) is 0 Å². The lowest BCUT2D eigenvalue weighted by Crippen LogP contribution is -2.00. The van der Waals surface area contributed by atoms with Crippen LogP contribution in [-0.2, 0) is 0 Å². The molecule has 0 atom stereocenters. The smallest absolute Gasteiger partial charge is 0.164 e. The number of methoxy groups -OCH3 is 2. The molecule has 2 heterocycles. The Kier molecular flexibility index (Phi) is 10.2. The van der Waals surface area contributed by atoms with Crippen molar-refractivity contribution >= 4 is 10.8 Å². The van der Waals surface area contributed by atoms with Crippen LogP contribution in [0.2, 0.25) is 0 Å². The molecule has 0 saturated carbocycles. The van der Waals surface area contributed by atoms with Crippen molar-refractivity contribution in [3.8, 4) is 102 Å². The number of rotatable bonds is 10. The second kappa shape index (κ2) is 16.7. The van der Waals surface area contributed by atoms with Crippen molar-refractivity contribution in [1.29, 1.82) is 0 Å². The molecule has 62 heavy (non-hydrogen) atoms. The maximum Gasteiger partial charge on any atom is 0.164 e. The predicted molar refractivity (Wildman–Crippen MR) is 247 cm³/mol. The quantitative estimate of drug-likeness (QED) is 0.135. The summed E-state index contributed by atoms with van der Waals surface area (Å²) in [5.74, 6) is 5.20. The summed E-state index contributed by atoms with van der Waals surface area (Å²) in [4.78, 5) is 29.4. The SMILES string of the molecule is COc1ccc(-c2nc(-c3ccccc3)nc(-c3ccc(-c4ccc5ccc(-c6ccc(-c7nc(-c8ccccc8)nc(-c8ccc(OC)cc8)n7)cc6)cc5c4)cc3)n2)cc1. The predicted octanol–water partition coefficient (Wildman–Crippen LogP) is 12.6. The first-order valence-corrected chi connectivity index (χ1v) is 20.2. The van der Waals surface area contributed by atoms with Gasteiger partial charge in [-0.05, 0) is 93.7 Å². The average Bonchev–Trinajstić information content (AvgIpc) is 3.36. The summed E-state index contributed by atoms with van der Waals surface area (Å²) in [5.41, 5.74) is 9.85. The first kappa shape index (κ1) is 37.9. The van der Waals surface area contributed by atoms with Crippen LogP contribution in [0.5, 0.6) is 11.5 Å². The van der Waals surface area contributed by atoms with Gasteiger partial charge in [0.15, 0.2) is 34.9 Å². The van der Waals surface area contributed by atoms with E-state index in [9.17, 15) is 0 Å². The lowest BCUT2D eigenvalue weighted by atomic mass is 9.96. The van der Waals surface area contributed by atoms with Crippen molar-refractivity contribution in [2.75, 3.05) is 14.2 Å². The van der Waals surface area contributed by atoms with Gasteiger partial charge < -0.3 is 9.47 Å². The minimum atomic E-state index is 0.599. The van der Waals surface area contributed by atoms with E-state index in [2.05, 4.69) is 84.9 Å². The minimum Gasteiger partial charge on any atom is -0.497 e. The topological polar surface area (TPSA) is 95.8 Å². The number of benzene rings is 8. The number of hydrogen-bond donors (Lipinski definition) is 0. The van der Waals surface area contributed by atoms with Crippen molar-refractivity contribution in [1.82, 2.24) is 29.9 Å². The summed E-state index contributed by atoms with van der Waals surface area (Å²) >= 11 is 0. The molecule has 0 amide bonds. The summed E-state index contributed by atoms with van der Waals surface area (Å²) in [6, 6.07) is 65.5. The number of fused-ring (bicyclic) bond motifs is 1. The molecule has 0 aliphatic carbocycles. The van der Waals surface area contributed by atoms with E-state index in [-0.39, 0.29) is 0 Å². The minimum absolute atomic E-state index is 0.599. The fraction of sp³-hybridized carbons (Fsp3) is 0.0370. The van der Waals surface area contributed by atoms with Gasteiger partial charge in [0.05, 0.1) is 14.2 Å². The Labute approximate surface area is 359 Å². The molecule has 8 aromatic carbocycles. The molecule has 0 saturated heterocycles. The van der Waals surface area contributed by atoms with Crippen LogP contribution in [0.1, 0.15) is 0 Å². The fourth-order valence-electron chi connectivity index (χ4n) is 7.41. The zero-order valence-electron chi connectivity index (χ0n) is 34.0. The van der Waals surface area contributed by atoms with Crippen LogP contribution in [0, 0.1) is 0 Å². The molecule has 8 nitrogen and oxygen atoms in total. The van der Waals surface area contributed by atoms with Gasteiger partial charge in [-0.1, -0.05) is 133 Å². The van der Waals surface area contributed by atoms with E-state index in [0.717, 1.165) is 72.5 Å². The highest BCUT2D eigenvalue weighted by molar-refractivity contribution is 5.91. The molecule has 0 radical (unpaired) electrons. The van der Waals surface area contributed by atoms with Crippen LogP contribution in [-0.4, -0.2) is 44.1 Å². The zero-order chi connectivity index (χ0) is 41.8. The molecular formula is C54H38N6O2. The van der Waals surface area contributed by atoms with Crippen LogP contribution >= 0.6 is 0 Å². The second-order valence-corrected chi connectivity index (χ2v) is 14.7. The Morgan fingerprint density at radius 3 is 0.806 bits per heavy atom. The van der Waals surface area contributed by atoms with Crippen LogP contribution in [0.25, 0.3) is 101 Å². The fourth-order valence-corrected chi connectivity index (χ4v) is 7.41. The van der Waals surface area contributed by atoms with Crippen molar-refractivity contribution in [3.05, 3.63) is 194 Å². The number of nitrogens with zero attached hydrogens (tertiary/aromatic N) is 6. The monoisotopic (exact) mass is 802 g/mol. The average molecular weight is 803 g/mol. The van der Waals surface area contributed by atoms with Crippen molar-refractivity contribution < 1.29 is 9.47 Å². The van der Waals surface area contributed by atoms with Crippen LogP contribution in [0.3, 0.4) is 0 Å². The van der Waals surface area contributed by atoms with Crippen molar-refractivity contribution in [2.24, 2.45) is 0 Å². The molecule has 296 valence electrons.